The summed E-state index contributed by atoms with van der Waals surface area (Å²) in [5.74, 6) is 0.513. The summed E-state index contributed by atoms with van der Waals surface area (Å²) in [6.45, 7) is -0.285. The second-order valence-corrected chi connectivity index (χ2v) is 6.47. The summed E-state index contributed by atoms with van der Waals surface area (Å²) in [6.07, 6.45) is 2.87. The zero-order valence-electron chi connectivity index (χ0n) is 16.2. The number of halogens is 1. The van der Waals surface area contributed by atoms with E-state index in [1.807, 2.05) is 0 Å². The van der Waals surface area contributed by atoms with E-state index < -0.39 is 11.8 Å². The molecule has 8 nitrogen and oxygen atoms in total. The maximum atomic E-state index is 12.0. The fourth-order valence-corrected chi connectivity index (χ4v) is 2.52. The van der Waals surface area contributed by atoms with Crippen LogP contribution in [-0.4, -0.2) is 37.8 Å². The minimum atomic E-state index is -0.507. The van der Waals surface area contributed by atoms with E-state index in [9.17, 15) is 9.59 Å². The van der Waals surface area contributed by atoms with Gasteiger partial charge in [-0.2, -0.15) is 0 Å². The molecule has 2 amide bonds. The first kappa shape index (κ1) is 23.0. The summed E-state index contributed by atoms with van der Waals surface area (Å²) in [7, 11) is 3.06. The van der Waals surface area contributed by atoms with E-state index in [1.165, 1.54) is 20.3 Å². The fraction of sp³-hybridized carbons (Fsp3) is 0.150. The van der Waals surface area contributed by atoms with Crippen LogP contribution in [0.15, 0.2) is 48.5 Å². The molecule has 0 unspecified atom stereocenters. The zero-order valence-corrected chi connectivity index (χ0v) is 17.8. The number of hydrogen-bond donors (Lipinski definition) is 3. The number of thiocarbonyl (C=S) groups is 1. The number of ether oxygens (including phenoxy) is 3. The number of methoxy groups -OCH3 is 2. The molecule has 30 heavy (non-hydrogen) atoms. The maximum Gasteiger partial charge on any atom is 0.276 e. The molecule has 2 aromatic carbocycles. The number of para-hydroxylation sites is 1. The van der Waals surface area contributed by atoms with Crippen molar-refractivity contribution in [3.63, 3.8) is 0 Å². The molecule has 0 saturated carbocycles. The third-order valence-corrected chi connectivity index (χ3v) is 4.10. The van der Waals surface area contributed by atoms with Crippen LogP contribution in [0.2, 0.25) is 5.02 Å². The Hall–Kier alpha value is -3.30. The minimum Gasteiger partial charge on any atom is -0.493 e. The van der Waals surface area contributed by atoms with Gasteiger partial charge < -0.3 is 14.2 Å². The highest BCUT2D eigenvalue weighted by Gasteiger charge is 2.07. The highest BCUT2D eigenvalue weighted by molar-refractivity contribution is 7.80. The van der Waals surface area contributed by atoms with Crippen molar-refractivity contribution in [2.45, 2.75) is 0 Å². The molecule has 0 aliphatic heterocycles. The molecular formula is C20H20ClN3O5S. The summed E-state index contributed by atoms with van der Waals surface area (Å²) in [5.41, 5.74) is 5.45. The number of amides is 2. The Morgan fingerprint density at radius 2 is 1.77 bits per heavy atom. The van der Waals surface area contributed by atoms with Crippen molar-refractivity contribution in [1.82, 2.24) is 16.2 Å². The van der Waals surface area contributed by atoms with Crippen LogP contribution in [0.5, 0.6) is 17.2 Å². The summed E-state index contributed by atoms with van der Waals surface area (Å²) < 4.78 is 15.7. The van der Waals surface area contributed by atoms with E-state index in [1.54, 1.807) is 48.5 Å². The predicted octanol–water partition coefficient (Wildman–Crippen LogP) is 2.47. The third kappa shape index (κ3) is 7.26. The molecule has 0 aliphatic carbocycles. The van der Waals surface area contributed by atoms with Gasteiger partial charge in [-0.1, -0.05) is 29.8 Å². The van der Waals surface area contributed by atoms with Gasteiger partial charge in [-0.25, -0.2) is 0 Å². The lowest BCUT2D eigenvalue weighted by Gasteiger charge is -2.11. The number of carbonyl (C=O) groups is 2. The predicted molar refractivity (Wildman–Crippen MR) is 118 cm³/mol. The van der Waals surface area contributed by atoms with Crippen LogP contribution in [0, 0.1) is 0 Å². The minimum absolute atomic E-state index is 0.0805. The third-order valence-electron chi connectivity index (χ3n) is 3.58. The van der Waals surface area contributed by atoms with Crippen LogP contribution < -0.4 is 30.4 Å². The van der Waals surface area contributed by atoms with Crippen molar-refractivity contribution in [3.05, 3.63) is 59.1 Å². The lowest BCUT2D eigenvalue weighted by molar-refractivity contribution is -0.123. The SMILES string of the molecule is COc1ccc(C=CC(=O)NC(=S)NNC(=O)COc2ccccc2Cl)cc1OC. The normalized spacial score (nSPS) is 10.2. The molecule has 2 aromatic rings. The topological polar surface area (TPSA) is 97.9 Å². The highest BCUT2D eigenvalue weighted by Crippen LogP contribution is 2.28. The van der Waals surface area contributed by atoms with Crippen molar-refractivity contribution in [2.24, 2.45) is 0 Å². The van der Waals surface area contributed by atoms with E-state index in [0.717, 1.165) is 5.56 Å². The van der Waals surface area contributed by atoms with E-state index >= 15 is 0 Å². The van der Waals surface area contributed by atoms with Gasteiger partial charge in [-0.05, 0) is 48.1 Å². The van der Waals surface area contributed by atoms with Gasteiger partial charge in [0.05, 0.1) is 19.2 Å². The molecule has 0 aromatic heterocycles. The maximum absolute atomic E-state index is 12.0. The van der Waals surface area contributed by atoms with E-state index in [0.29, 0.717) is 22.3 Å². The highest BCUT2D eigenvalue weighted by atomic mass is 35.5. The van der Waals surface area contributed by atoms with Gasteiger partial charge in [0, 0.05) is 6.08 Å². The average molecular weight is 450 g/mol. The van der Waals surface area contributed by atoms with Crippen molar-refractivity contribution < 1.29 is 23.8 Å². The monoisotopic (exact) mass is 449 g/mol. The molecular weight excluding hydrogens is 430 g/mol. The summed E-state index contributed by atoms with van der Waals surface area (Å²) >= 11 is 10.9. The Kier molecular flexibility index (Phi) is 8.92. The van der Waals surface area contributed by atoms with Gasteiger partial charge in [0.1, 0.15) is 5.75 Å². The lowest BCUT2D eigenvalue weighted by Crippen LogP contribution is -2.49. The van der Waals surface area contributed by atoms with E-state index in [4.69, 9.17) is 38.0 Å². The number of nitrogens with one attached hydrogen (secondary N) is 3. The number of carbonyl (C=O) groups excluding carboxylic acids is 2. The molecule has 0 radical (unpaired) electrons. The van der Waals surface area contributed by atoms with Gasteiger partial charge in [-0.3, -0.25) is 25.8 Å². The Labute approximate surface area is 184 Å². The Bertz CT molecular complexity index is 952. The first-order valence-corrected chi connectivity index (χ1v) is 9.38. The fourth-order valence-electron chi connectivity index (χ4n) is 2.18. The average Bonchev–Trinajstić information content (AvgIpc) is 2.75. The quantitative estimate of drug-likeness (QED) is 0.339. The molecule has 158 valence electrons. The first-order valence-electron chi connectivity index (χ1n) is 8.60. The molecule has 2 rings (SSSR count). The van der Waals surface area contributed by atoms with Gasteiger partial charge in [0.25, 0.3) is 5.91 Å². The van der Waals surface area contributed by atoms with Gasteiger partial charge in [-0.15, -0.1) is 0 Å². The number of hydrazine groups is 1. The largest absolute Gasteiger partial charge is 0.493 e. The van der Waals surface area contributed by atoms with Crippen LogP contribution in [0.25, 0.3) is 6.08 Å². The van der Waals surface area contributed by atoms with Crippen molar-refractivity contribution >= 4 is 46.8 Å². The van der Waals surface area contributed by atoms with Crippen molar-refractivity contribution in [3.8, 4) is 17.2 Å². The molecule has 0 spiro atoms. The van der Waals surface area contributed by atoms with Crippen LogP contribution in [0.1, 0.15) is 5.56 Å². The van der Waals surface area contributed by atoms with Gasteiger partial charge in [0.2, 0.25) is 5.91 Å². The second kappa shape index (κ2) is 11.6. The number of rotatable bonds is 7. The van der Waals surface area contributed by atoms with Crippen LogP contribution >= 0.6 is 23.8 Å². The second-order valence-electron chi connectivity index (χ2n) is 5.66. The molecule has 0 fully saturated rings. The molecule has 3 N–H and O–H groups in total. The summed E-state index contributed by atoms with van der Waals surface area (Å²) in [5, 5.41) is 2.71. The number of benzene rings is 2. The Morgan fingerprint density at radius 1 is 1.03 bits per heavy atom. The smallest absolute Gasteiger partial charge is 0.276 e. The van der Waals surface area contributed by atoms with Crippen molar-refractivity contribution in [2.75, 3.05) is 20.8 Å². The molecule has 0 bridgehead atoms. The molecule has 0 saturated heterocycles. The molecule has 0 heterocycles. The van der Waals surface area contributed by atoms with E-state index in [2.05, 4.69) is 16.2 Å². The van der Waals surface area contributed by atoms with Crippen LogP contribution in [-0.2, 0) is 9.59 Å². The van der Waals surface area contributed by atoms with Crippen LogP contribution in [0.3, 0.4) is 0 Å². The standard InChI is InChI=1S/C20H20ClN3O5S/c1-27-16-9-7-13(11-17(16)28-2)8-10-18(25)22-20(30)24-23-19(26)12-29-15-6-4-3-5-14(15)21/h3-11H,12H2,1-2H3,(H,23,26)(H2,22,24,25,30). The molecule has 10 heteroatoms. The summed E-state index contributed by atoms with van der Waals surface area (Å²) in [4.78, 5) is 23.8. The Balaban J connectivity index is 1.76. The lowest BCUT2D eigenvalue weighted by atomic mass is 10.2. The first-order chi connectivity index (χ1) is 14.4. The van der Waals surface area contributed by atoms with Gasteiger partial charge >= 0.3 is 0 Å². The van der Waals surface area contributed by atoms with Crippen molar-refractivity contribution in [1.29, 1.82) is 0 Å². The Morgan fingerprint density at radius 3 is 2.47 bits per heavy atom. The van der Waals surface area contributed by atoms with Crippen LogP contribution in [0.4, 0.5) is 0 Å². The number of hydrogen-bond acceptors (Lipinski definition) is 6. The molecule has 0 aliphatic rings. The zero-order chi connectivity index (χ0) is 21.9. The van der Waals surface area contributed by atoms with E-state index in [-0.39, 0.29) is 11.7 Å². The summed E-state index contributed by atoms with van der Waals surface area (Å²) in [6, 6.07) is 12.0. The molecule has 0 atom stereocenters. The van der Waals surface area contributed by atoms with Gasteiger partial charge in [0.15, 0.2) is 23.2 Å².